The lowest BCUT2D eigenvalue weighted by Gasteiger charge is -2.17. The van der Waals surface area contributed by atoms with Gasteiger partial charge in [0.15, 0.2) is 0 Å². The topological polar surface area (TPSA) is 57.6 Å². The van der Waals surface area contributed by atoms with Crippen molar-refractivity contribution in [2.75, 3.05) is 4.90 Å². The Morgan fingerprint density at radius 2 is 1.94 bits per heavy atom. The first-order valence-electron chi connectivity index (χ1n) is 4.90. The van der Waals surface area contributed by atoms with Gasteiger partial charge < -0.3 is 5.11 Å². The fourth-order valence-electron chi connectivity index (χ4n) is 1.68. The number of benzene rings is 1. The number of carbonyl (C=O) groups is 2. The van der Waals surface area contributed by atoms with E-state index >= 15 is 0 Å². The van der Waals surface area contributed by atoms with E-state index in [0.717, 1.165) is 4.90 Å². The average Bonchev–Trinajstić information content (AvgIpc) is 2.53. The summed E-state index contributed by atoms with van der Waals surface area (Å²) in [6.45, 7) is 1.40. The lowest BCUT2D eigenvalue weighted by Crippen LogP contribution is -2.31. The smallest absolute Gasteiger partial charge is 0.261 e. The summed E-state index contributed by atoms with van der Waals surface area (Å²) in [7, 11) is 0. The predicted molar refractivity (Wildman–Crippen MR) is 58.6 cm³/mol. The Hall–Kier alpha value is -1.94. The van der Waals surface area contributed by atoms with Crippen molar-refractivity contribution in [3.8, 4) is 0 Å². The van der Waals surface area contributed by atoms with Crippen LogP contribution in [0.5, 0.6) is 0 Å². The first kappa shape index (κ1) is 10.6. The molecule has 0 atom stereocenters. The van der Waals surface area contributed by atoms with Gasteiger partial charge in [-0.25, -0.2) is 4.90 Å². The number of amides is 2. The molecule has 1 aromatic carbocycles. The molecule has 4 heteroatoms. The highest BCUT2D eigenvalue weighted by molar-refractivity contribution is 6.30. The number of aliphatic hydroxyl groups excluding tert-OH is 1. The summed E-state index contributed by atoms with van der Waals surface area (Å²) in [6, 6.07) is 6.81. The van der Waals surface area contributed by atoms with Crippen molar-refractivity contribution >= 4 is 17.5 Å². The highest BCUT2D eigenvalue weighted by Gasteiger charge is 2.30. The van der Waals surface area contributed by atoms with E-state index in [-0.39, 0.29) is 18.4 Å². The lowest BCUT2D eigenvalue weighted by molar-refractivity contribution is -0.120. The van der Waals surface area contributed by atoms with Gasteiger partial charge in [0.1, 0.15) is 0 Å². The maximum atomic E-state index is 11.7. The molecule has 0 bridgehead atoms. The van der Waals surface area contributed by atoms with E-state index in [1.807, 2.05) is 0 Å². The van der Waals surface area contributed by atoms with Crippen molar-refractivity contribution in [2.45, 2.75) is 13.5 Å². The van der Waals surface area contributed by atoms with Crippen LogP contribution in [0, 0.1) is 0 Å². The third-order valence-electron chi connectivity index (χ3n) is 2.50. The number of aliphatic hydroxyl groups is 1. The number of rotatable bonds is 2. The number of hydrogen-bond donors (Lipinski definition) is 1. The predicted octanol–water partition coefficient (Wildman–Crippen LogP) is 0.998. The van der Waals surface area contributed by atoms with Crippen LogP contribution in [0.15, 0.2) is 35.9 Å². The summed E-state index contributed by atoms with van der Waals surface area (Å²) in [4.78, 5) is 24.4. The first-order valence-corrected chi connectivity index (χ1v) is 4.90. The maximum Gasteiger partial charge on any atom is 0.261 e. The van der Waals surface area contributed by atoms with E-state index in [9.17, 15) is 9.59 Å². The second-order valence-corrected chi connectivity index (χ2v) is 3.59. The third kappa shape index (κ3) is 1.53. The molecule has 1 N–H and O–H groups in total. The van der Waals surface area contributed by atoms with E-state index in [1.165, 1.54) is 6.08 Å². The molecule has 0 saturated heterocycles. The highest BCUT2D eigenvalue weighted by atomic mass is 16.3. The Balaban J connectivity index is 2.46. The van der Waals surface area contributed by atoms with Crippen LogP contribution in [0.4, 0.5) is 5.69 Å². The van der Waals surface area contributed by atoms with Gasteiger partial charge in [0, 0.05) is 17.2 Å². The second-order valence-electron chi connectivity index (χ2n) is 3.59. The molecule has 16 heavy (non-hydrogen) atoms. The van der Waals surface area contributed by atoms with E-state index < -0.39 is 0 Å². The Labute approximate surface area is 92.8 Å². The van der Waals surface area contributed by atoms with Gasteiger partial charge in [0.2, 0.25) is 0 Å². The van der Waals surface area contributed by atoms with Gasteiger partial charge in [-0.05, 0) is 13.0 Å². The normalized spacial score (nSPS) is 15.6. The molecule has 0 spiro atoms. The zero-order valence-corrected chi connectivity index (χ0v) is 8.80. The SMILES string of the molecule is CC1=CC(=O)N(c2ccccc2CO)C1=O. The van der Waals surface area contributed by atoms with Gasteiger partial charge >= 0.3 is 0 Å². The largest absolute Gasteiger partial charge is 0.392 e. The molecule has 0 saturated carbocycles. The quantitative estimate of drug-likeness (QED) is 0.752. The number of carbonyl (C=O) groups excluding carboxylic acids is 2. The number of para-hydroxylation sites is 1. The molecule has 1 aliphatic rings. The van der Waals surface area contributed by atoms with Crippen LogP contribution < -0.4 is 4.90 Å². The summed E-state index contributed by atoms with van der Waals surface area (Å²) in [5, 5.41) is 9.15. The van der Waals surface area contributed by atoms with E-state index in [4.69, 9.17) is 5.11 Å². The minimum atomic E-state index is -0.358. The van der Waals surface area contributed by atoms with Crippen LogP contribution in [0.25, 0.3) is 0 Å². The summed E-state index contributed by atoms with van der Waals surface area (Å²) >= 11 is 0. The van der Waals surface area contributed by atoms with Crippen molar-refractivity contribution < 1.29 is 14.7 Å². The van der Waals surface area contributed by atoms with Crippen molar-refractivity contribution in [3.05, 3.63) is 41.5 Å². The average molecular weight is 217 g/mol. The molecule has 1 heterocycles. The van der Waals surface area contributed by atoms with Crippen LogP contribution >= 0.6 is 0 Å². The molecule has 1 aliphatic heterocycles. The van der Waals surface area contributed by atoms with Crippen LogP contribution in [-0.2, 0) is 16.2 Å². The molecule has 2 rings (SSSR count). The fourth-order valence-corrected chi connectivity index (χ4v) is 1.68. The van der Waals surface area contributed by atoms with Crippen LogP contribution in [-0.4, -0.2) is 16.9 Å². The second kappa shape index (κ2) is 3.90. The molecule has 82 valence electrons. The van der Waals surface area contributed by atoms with Crippen molar-refractivity contribution in [2.24, 2.45) is 0 Å². The Bertz CT molecular complexity index is 491. The summed E-state index contributed by atoms with van der Waals surface area (Å²) < 4.78 is 0. The van der Waals surface area contributed by atoms with Gasteiger partial charge in [-0.3, -0.25) is 9.59 Å². The van der Waals surface area contributed by atoms with Crippen molar-refractivity contribution in [1.82, 2.24) is 0 Å². The molecule has 0 aromatic heterocycles. The van der Waals surface area contributed by atoms with E-state index in [1.54, 1.807) is 31.2 Å². The zero-order chi connectivity index (χ0) is 11.7. The monoisotopic (exact) mass is 217 g/mol. The van der Waals surface area contributed by atoms with Crippen LogP contribution in [0.2, 0.25) is 0 Å². The molecule has 2 amide bonds. The molecule has 0 fully saturated rings. The Morgan fingerprint density at radius 3 is 2.50 bits per heavy atom. The van der Waals surface area contributed by atoms with Gasteiger partial charge in [-0.15, -0.1) is 0 Å². The minimum Gasteiger partial charge on any atom is -0.392 e. The first-order chi connectivity index (χ1) is 7.65. The fraction of sp³-hybridized carbons (Fsp3) is 0.167. The van der Waals surface area contributed by atoms with Gasteiger partial charge in [0.25, 0.3) is 11.8 Å². The summed E-state index contributed by atoms with van der Waals surface area (Å²) in [5.74, 6) is -0.686. The minimum absolute atomic E-state index is 0.202. The van der Waals surface area contributed by atoms with Gasteiger partial charge in [-0.2, -0.15) is 0 Å². The van der Waals surface area contributed by atoms with Crippen molar-refractivity contribution in [1.29, 1.82) is 0 Å². The Morgan fingerprint density at radius 1 is 1.25 bits per heavy atom. The van der Waals surface area contributed by atoms with E-state index in [2.05, 4.69) is 0 Å². The molecule has 1 aromatic rings. The van der Waals surface area contributed by atoms with E-state index in [0.29, 0.717) is 16.8 Å². The molecule has 0 aliphatic carbocycles. The molecular formula is C12H11NO3. The zero-order valence-electron chi connectivity index (χ0n) is 8.80. The molecular weight excluding hydrogens is 206 g/mol. The van der Waals surface area contributed by atoms with Crippen LogP contribution in [0.1, 0.15) is 12.5 Å². The molecule has 0 radical (unpaired) electrons. The van der Waals surface area contributed by atoms with Crippen LogP contribution in [0.3, 0.4) is 0 Å². The number of nitrogens with zero attached hydrogens (tertiary/aromatic N) is 1. The Kier molecular flexibility index (Phi) is 2.58. The van der Waals surface area contributed by atoms with Gasteiger partial charge in [0.05, 0.1) is 12.3 Å². The molecule has 0 unspecified atom stereocenters. The summed E-state index contributed by atoms with van der Waals surface area (Å²) in [6.07, 6.45) is 1.30. The summed E-state index contributed by atoms with van der Waals surface area (Å²) in [5.41, 5.74) is 1.43. The maximum absolute atomic E-state index is 11.7. The highest BCUT2D eigenvalue weighted by Crippen LogP contribution is 2.25. The molecule has 4 nitrogen and oxygen atoms in total. The van der Waals surface area contributed by atoms with Gasteiger partial charge in [-0.1, -0.05) is 18.2 Å². The van der Waals surface area contributed by atoms with Crippen molar-refractivity contribution in [3.63, 3.8) is 0 Å². The number of hydrogen-bond acceptors (Lipinski definition) is 3. The number of imide groups is 1. The number of anilines is 1. The third-order valence-corrected chi connectivity index (χ3v) is 2.50. The standard InChI is InChI=1S/C12H11NO3/c1-8-6-11(15)13(12(8)16)10-5-3-2-4-9(10)7-14/h2-6,14H,7H2,1H3. The lowest BCUT2D eigenvalue weighted by atomic mass is 10.1.